The molecule has 0 saturated carbocycles. The maximum atomic E-state index is 14.5. The van der Waals surface area contributed by atoms with Crippen molar-refractivity contribution in [1.82, 2.24) is 0 Å². The SMILES string of the molecule is O=C1Nc2c(ccc(F)c2F)[C@]1(c1ccc(OC(F)(F)F)cc1)c1ccc(B(O)O)cc1. The van der Waals surface area contributed by atoms with Gasteiger partial charge in [-0.25, -0.2) is 8.78 Å². The third-order valence-electron chi connectivity index (χ3n) is 5.24. The molecule has 1 heterocycles. The van der Waals surface area contributed by atoms with E-state index in [-0.39, 0.29) is 22.2 Å². The van der Waals surface area contributed by atoms with E-state index in [1.807, 2.05) is 0 Å². The molecule has 0 spiro atoms. The molecule has 5 nitrogen and oxygen atoms in total. The van der Waals surface area contributed by atoms with Gasteiger partial charge in [0, 0.05) is 5.56 Å². The quantitative estimate of drug-likeness (QED) is 0.423. The summed E-state index contributed by atoms with van der Waals surface area (Å²) >= 11 is 0. The van der Waals surface area contributed by atoms with Crippen LogP contribution in [0.25, 0.3) is 0 Å². The third-order valence-corrected chi connectivity index (χ3v) is 5.24. The minimum atomic E-state index is -4.92. The highest BCUT2D eigenvalue weighted by molar-refractivity contribution is 6.58. The Morgan fingerprint density at radius 1 is 0.875 bits per heavy atom. The lowest BCUT2D eigenvalue weighted by molar-refractivity contribution is -0.274. The Bertz CT molecular complexity index is 1180. The Morgan fingerprint density at radius 2 is 1.44 bits per heavy atom. The first-order chi connectivity index (χ1) is 15.0. The highest BCUT2D eigenvalue weighted by Gasteiger charge is 2.51. The molecule has 3 N–H and O–H groups in total. The molecule has 32 heavy (non-hydrogen) atoms. The number of benzene rings is 3. The fourth-order valence-electron chi connectivity index (χ4n) is 3.87. The summed E-state index contributed by atoms with van der Waals surface area (Å²) in [5.74, 6) is -3.76. The summed E-state index contributed by atoms with van der Waals surface area (Å²) in [5.41, 5.74) is -1.58. The second-order valence-electron chi connectivity index (χ2n) is 7.06. The van der Waals surface area contributed by atoms with Gasteiger partial charge in [0.2, 0.25) is 5.91 Å². The van der Waals surface area contributed by atoms with Crippen molar-refractivity contribution < 1.29 is 41.5 Å². The van der Waals surface area contributed by atoms with E-state index >= 15 is 0 Å². The molecule has 3 aromatic rings. The molecule has 4 rings (SSSR count). The number of carbonyl (C=O) groups is 1. The van der Waals surface area contributed by atoms with Gasteiger partial charge in [0.05, 0.1) is 5.69 Å². The summed E-state index contributed by atoms with van der Waals surface area (Å²) in [6.45, 7) is 0. The number of carbonyl (C=O) groups excluding carboxylic acids is 1. The second-order valence-corrected chi connectivity index (χ2v) is 7.06. The molecule has 3 aromatic carbocycles. The fourth-order valence-corrected chi connectivity index (χ4v) is 3.87. The molecule has 0 saturated heterocycles. The first kappa shape index (κ1) is 21.8. The molecule has 0 aromatic heterocycles. The van der Waals surface area contributed by atoms with Gasteiger partial charge in [-0.15, -0.1) is 13.2 Å². The Kier molecular flexibility index (Phi) is 5.18. The number of hydrogen-bond acceptors (Lipinski definition) is 4. The molecule has 0 aliphatic carbocycles. The summed E-state index contributed by atoms with van der Waals surface area (Å²) in [5, 5.41) is 21.0. The van der Waals surface area contributed by atoms with Crippen LogP contribution in [0.1, 0.15) is 16.7 Å². The molecular weight excluding hydrogens is 436 g/mol. The van der Waals surface area contributed by atoms with Crippen molar-refractivity contribution in [3.8, 4) is 5.75 Å². The first-order valence-electron chi connectivity index (χ1n) is 9.17. The van der Waals surface area contributed by atoms with Crippen LogP contribution >= 0.6 is 0 Å². The topological polar surface area (TPSA) is 78.8 Å². The number of nitrogens with one attached hydrogen (secondary N) is 1. The summed E-state index contributed by atoms with van der Waals surface area (Å²) in [6.07, 6.45) is -4.92. The highest BCUT2D eigenvalue weighted by atomic mass is 19.4. The van der Waals surface area contributed by atoms with Gasteiger partial charge in [-0.3, -0.25) is 4.79 Å². The van der Waals surface area contributed by atoms with Gasteiger partial charge in [0.15, 0.2) is 11.6 Å². The fraction of sp³-hybridized carbons (Fsp3) is 0.0952. The summed E-state index contributed by atoms with van der Waals surface area (Å²) < 4.78 is 69.7. The molecule has 1 atom stereocenters. The largest absolute Gasteiger partial charge is 0.573 e. The number of ether oxygens (including phenoxy) is 1. The lowest BCUT2D eigenvalue weighted by Crippen LogP contribution is -2.38. The van der Waals surface area contributed by atoms with E-state index in [0.717, 1.165) is 18.2 Å². The second kappa shape index (κ2) is 7.61. The zero-order chi connectivity index (χ0) is 23.3. The van der Waals surface area contributed by atoms with Crippen molar-refractivity contribution >= 4 is 24.2 Å². The van der Waals surface area contributed by atoms with Crippen molar-refractivity contribution in [3.05, 3.63) is 89.0 Å². The van der Waals surface area contributed by atoms with Crippen LogP contribution in [0.15, 0.2) is 60.7 Å². The Hall–Kier alpha value is -3.44. The van der Waals surface area contributed by atoms with Crippen molar-refractivity contribution in [2.45, 2.75) is 11.8 Å². The zero-order valence-electron chi connectivity index (χ0n) is 16.0. The molecule has 0 radical (unpaired) electrons. The van der Waals surface area contributed by atoms with Gasteiger partial charge < -0.3 is 20.1 Å². The van der Waals surface area contributed by atoms with E-state index < -0.39 is 47.9 Å². The molecule has 0 fully saturated rings. The van der Waals surface area contributed by atoms with E-state index in [1.165, 1.54) is 42.5 Å². The van der Waals surface area contributed by atoms with E-state index in [0.29, 0.717) is 0 Å². The van der Waals surface area contributed by atoms with E-state index in [1.54, 1.807) is 0 Å². The summed E-state index contributed by atoms with van der Waals surface area (Å²) in [7, 11) is -1.78. The number of halogens is 5. The van der Waals surface area contributed by atoms with Crippen LogP contribution in [0.5, 0.6) is 5.75 Å². The lowest BCUT2D eigenvalue weighted by Gasteiger charge is -2.29. The minimum absolute atomic E-state index is 0.0446. The van der Waals surface area contributed by atoms with Crippen LogP contribution in [0, 0.1) is 11.6 Å². The van der Waals surface area contributed by atoms with E-state index in [2.05, 4.69) is 10.1 Å². The Labute approximate surface area is 178 Å². The monoisotopic (exact) mass is 449 g/mol. The van der Waals surface area contributed by atoms with Gasteiger partial charge in [-0.1, -0.05) is 42.5 Å². The smallest absolute Gasteiger partial charge is 0.423 e. The molecule has 164 valence electrons. The van der Waals surface area contributed by atoms with Gasteiger partial charge >= 0.3 is 13.5 Å². The lowest BCUT2D eigenvalue weighted by atomic mass is 9.69. The maximum Gasteiger partial charge on any atom is 0.573 e. The molecule has 1 aliphatic rings. The minimum Gasteiger partial charge on any atom is -0.423 e. The number of fused-ring (bicyclic) bond motifs is 1. The molecule has 0 bridgehead atoms. The zero-order valence-corrected chi connectivity index (χ0v) is 16.0. The van der Waals surface area contributed by atoms with Crippen molar-refractivity contribution in [2.24, 2.45) is 0 Å². The van der Waals surface area contributed by atoms with Gasteiger partial charge in [0.1, 0.15) is 11.2 Å². The highest BCUT2D eigenvalue weighted by Crippen LogP contribution is 2.49. The number of rotatable bonds is 4. The summed E-state index contributed by atoms with van der Waals surface area (Å²) in [6, 6.07) is 11.9. The van der Waals surface area contributed by atoms with Crippen molar-refractivity contribution in [2.75, 3.05) is 5.32 Å². The normalized spacial score (nSPS) is 17.7. The van der Waals surface area contributed by atoms with Crippen LogP contribution < -0.4 is 15.5 Å². The molecular formula is C21H13BF5NO4. The van der Waals surface area contributed by atoms with Crippen LogP contribution in [0.2, 0.25) is 0 Å². The maximum absolute atomic E-state index is 14.5. The molecule has 1 aliphatic heterocycles. The average molecular weight is 449 g/mol. The average Bonchev–Trinajstić information content (AvgIpc) is 3.03. The van der Waals surface area contributed by atoms with Crippen molar-refractivity contribution in [1.29, 1.82) is 0 Å². The number of hydrogen-bond donors (Lipinski definition) is 3. The van der Waals surface area contributed by atoms with Crippen LogP contribution in [-0.2, 0) is 10.2 Å². The summed E-state index contributed by atoms with van der Waals surface area (Å²) in [4.78, 5) is 13.2. The van der Waals surface area contributed by atoms with Crippen LogP contribution in [-0.4, -0.2) is 29.4 Å². The van der Waals surface area contributed by atoms with Gasteiger partial charge in [-0.2, -0.15) is 0 Å². The number of amides is 1. The number of anilines is 1. The van der Waals surface area contributed by atoms with Gasteiger partial charge in [0.25, 0.3) is 0 Å². The van der Waals surface area contributed by atoms with E-state index in [9.17, 15) is 36.8 Å². The molecule has 11 heteroatoms. The standard InChI is InChI=1S/C21H13BF5NO4/c23-16-10-9-15-18(17(16)24)28-19(29)20(15,11-1-5-13(6-2-11)22(30)31)12-3-7-14(8-4-12)32-21(25,26)27/h1-10,30-31H,(H,28,29)/t20-/m1/s1. The number of alkyl halides is 3. The van der Waals surface area contributed by atoms with Crippen molar-refractivity contribution in [3.63, 3.8) is 0 Å². The van der Waals surface area contributed by atoms with E-state index in [4.69, 9.17) is 0 Å². The molecule has 0 unspecified atom stereocenters. The Morgan fingerprint density at radius 3 is 1.97 bits per heavy atom. The third kappa shape index (κ3) is 3.49. The Balaban J connectivity index is 1.94. The van der Waals surface area contributed by atoms with Crippen LogP contribution in [0.4, 0.5) is 27.6 Å². The molecule has 1 amide bonds. The van der Waals surface area contributed by atoms with Gasteiger partial charge in [-0.05, 0) is 34.8 Å². The predicted octanol–water partition coefficient (Wildman–Crippen LogP) is 2.83. The predicted molar refractivity (Wildman–Crippen MR) is 104 cm³/mol. The van der Waals surface area contributed by atoms with Crippen LogP contribution in [0.3, 0.4) is 0 Å². The first-order valence-corrected chi connectivity index (χ1v) is 9.17.